The van der Waals surface area contributed by atoms with E-state index in [1.807, 2.05) is 53.1 Å². The fourth-order valence-electron chi connectivity index (χ4n) is 4.38. The Morgan fingerprint density at radius 1 is 1.09 bits per heavy atom. The zero-order valence-corrected chi connectivity index (χ0v) is 18.8. The minimum absolute atomic E-state index is 0.214. The van der Waals surface area contributed by atoms with Crippen molar-refractivity contribution < 1.29 is 19.1 Å². The van der Waals surface area contributed by atoms with Crippen molar-refractivity contribution in [1.29, 1.82) is 0 Å². The van der Waals surface area contributed by atoms with E-state index in [0.29, 0.717) is 25.5 Å². The number of imidazole rings is 1. The molecule has 2 heterocycles. The minimum Gasteiger partial charge on any atom is -0.465 e. The molecule has 2 aromatic carbocycles. The molecule has 0 aliphatic carbocycles. The number of para-hydroxylation sites is 2. The Morgan fingerprint density at radius 3 is 2.53 bits per heavy atom. The predicted molar refractivity (Wildman–Crippen MR) is 123 cm³/mol. The van der Waals surface area contributed by atoms with Crippen molar-refractivity contribution in [2.45, 2.75) is 32.7 Å². The highest BCUT2D eigenvalue weighted by molar-refractivity contribution is 6.08. The highest BCUT2D eigenvalue weighted by Crippen LogP contribution is 2.41. The van der Waals surface area contributed by atoms with Crippen molar-refractivity contribution in [2.24, 2.45) is 5.92 Å². The quantitative estimate of drug-likeness (QED) is 0.306. The molecule has 4 rings (SSSR count). The first kappa shape index (κ1) is 22.0. The van der Waals surface area contributed by atoms with Gasteiger partial charge in [0.2, 0.25) is 11.9 Å². The van der Waals surface area contributed by atoms with Gasteiger partial charge in [-0.2, -0.15) is 0 Å². The van der Waals surface area contributed by atoms with Gasteiger partial charge in [0.15, 0.2) is 5.92 Å². The van der Waals surface area contributed by atoms with E-state index < -0.39 is 17.9 Å². The summed E-state index contributed by atoms with van der Waals surface area (Å²) in [6, 6.07) is 15.3. The molecule has 0 fully saturated rings. The number of rotatable bonds is 8. The average molecular weight is 436 g/mol. The summed E-state index contributed by atoms with van der Waals surface area (Å²) in [6.45, 7) is 4.99. The lowest BCUT2D eigenvalue weighted by atomic mass is 9.88. The van der Waals surface area contributed by atoms with Crippen LogP contribution in [-0.2, 0) is 25.5 Å². The minimum atomic E-state index is -0.991. The summed E-state index contributed by atoms with van der Waals surface area (Å²) in [4.78, 5) is 33.2. The van der Waals surface area contributed by atoms with E-state index >= 15 is 0 Å². The van der Waals surface area contributed by atoms with Crippen molar-refractivity contribution in [3.8, 4) is 0 Å². The lowest BCUT2D eigenvalue weighted by Crippen LogP contribution is -2.50. The van der Waals surface area contributed by atoms with Gasteiger partial charge < -0.3 is 14.0 Å². The Morgan fingerprint density at radius 2 is 1.84 bits per heavy atom. The number of hydrogen-bond acceptors (Lipinski definition) is 5. The van der Waals surface area contributed by atoms with Gasteiger partial charge >= 0.3 is 5.97 Å². The number of ether oxygens (including phenoxy) is 2. The van der Waals surface area contributed by atoms with Crippen molar-refractivity contribution >= 4 is 28.9 Å². The zero-order valence-electron chi connectivity index (χ0n) is 18.8. The molecule has 0 N–H and O–H groups in total. The number of fused-ring (bicyclic) bond motifs is 3. The van der Waals surface area contributed by atoms with Crippen LogP contribution in [0.3, 0.4) is 0 Å². The number of aryl methyl sites for hydroxylation is 1. The van der Waals surface area contributed by atoms with Gasteiger partial charge in [-0.15, -0.1) is 0 Å². The molecule has 0 bridgehead atoms. The average Bonchev–Trinajstić information content (AvgIpc) is 3.19. The number of hydrogen-bond donors (Lipinski definition) is 0. The highest BCUT2D eigenvalue weighted by Gasteiger charge is 2.47. The van der Waals surface area contributed by atoms with E-state index in [1.54, 1.807) is 18.9 Å². The maximum Gasteiger partial charge on any atom is 0.321 e. The van der Waals surface area contributed by atoms with E-state index in [1.165, 1.54) is 5.56 Å². The Kier molecular flexibility index (Phi) is 6.55. The molecule has 32 heavy (non-hydrogen) atoms. The molecule has 2 unspecified atom stereocenters. The second kappa shape index (κ2) is 9.53. The molecule has 1 aliphatic rings. The van der Waals surface area contributed by atoms with Gasteiger partial charge in [-0.05, 0) is 43.0 Å². The second-order valence-corrected chi connectivity index (χ2v) is 7.88. The first-order valence-electron chi connectivity index (χ1n) is 11.1. The molecule has 2 atom stereocenters. The molecular formula is C25H29N3O4. The number of carbonyl (C=O) groups is 2. The molecule has 1 aliphatic heterocycles. The lowest BCUT2D eigenvalue weighted by molar-refractivity contribution is -0.153. The van der Waals surface area contributed by atoms with E-state index in [4.69, 9.17) is 14.5 Å². The van der Waals surface area contributed by atoms with Gasteiger partial charge in [-0.25, -0.2) is 4.98 Å². The van der Waals surface area contributed by atoms with Crippen molar-refractivity contribution in [1.82, 2.24) is 9.55 Å². The van der Waals surface area contributed by atoms with Crippen LogP contribution in [0.1, 0.15) is 37.4 Å². The van der Waals surface area contributed by atoms with Crippen molar-refractivity contribution in [3.05, 3.63) is 59.7 Å². The number of amides is 1. The number of carbonyl (C=O) groups excluding carboxylic acids is 2. The molecule has 1 amide bonds. The first-order valence-corrected chi connectivity index (χ1v) is 11.1. The number of aromatic nitrogens is 2. The summed E-state index contributed by atoms with van der Waals surface area (Å²) in [5.74, 6) is -1.23. The molecule has 0 saturated carbocycles. The third-order valence-electron chi connectivity index (χ3n) is 5.94. The lowest BCUT2D eigenvalue weighted by Gasteiger charge is -2.38. The summed E-state index contributed by atoms with van der Waals surface area (Å²) in [5.41, 5.74) is 3.74. The van der Waals surface area contributed by atoms with E-state index in [9.17, 15) is 9.59 Å². The summed E-state index contributed by atoms with van der Waals surface area (Å²) < 4.78 is 12.6. The number of methoxy groups -OCH3 is 1. The van der Waals surface area contributed by atoms with Crippen molar-refractivity contribution in [2.75, 3.05) is 31.8 Å². The van der Waals surface area contributed by atoms with Crippen LogP contribution in [0.2, 0.25) is 0 Å². The number of anilines is 1. The SMILES string of the molecule is CCOC(=O)C1C(=O)N(CCCOC)c2nc3ccccc3n2C1c1ccc(CC)cc1. The number of benzene rings is 2. The topological polar surface area (TPSA) is 73.7 Å². The predicted octanol–water partition coefficient (Wildman–Crippen LogP) is 3.75. The summed E-state index contributed by atoms with van der Waals surface area (Å²) in [7, 11) is 1.63. The fourth-order valence-corrected chi connectivity index (χ4v) is 4.38. The van der Waals surface area contributed by atoms with Crippen LogP contribution < -0.4 is 4.90 Å². The van der Waals surface area contributed by atoms with E-state index in [0.717, 1.165) is 23.0 Å². The van der Waals surface area contributed by atoms with Crippen LogP contribution in [0.4, 0.5) is 5.95 Å². The first-order chi connectivity index (χ1) is 15.6. The van der Waals surface area contributed by atoms with Gasteiger partial charge in [0, 0.05) is 20.3 Å². The van der Waals surface area contributed by atoms with Crippen LogP contribution in [0.15, 0.2) is 48.5 Å². The van der Waals surface area contributed by atoms with Crippen molar-refractivity contribution in [3.63, 3.8) is 0 Å². The number of nitrogens with zero attached hydrogens (tertiary/aromatic N) is 3. The molecule has 0 spiro atoms. The maximum atomic E-state index is 13.7. The Balaban J connectivity index is 1.92. The molecule has 1 aromatic heterocycles. The summed E-state index contributed by atoms with van der Waals surface area (Å²) >= 11 is 0. The number of esters is 1. The van der Waals surface area contributed by atoms with Crippen LogP contribution in [0.5, 0.6) is 0 Å². The summed E-state index contributed by atoms with van der Waals surface area (Å²) in [6.07, 6.45) is 1.55. The monoisotopic (exact) mass is 435 g/mol. The molecule has 168 valence electrons. The van der Waals surface area contributed by atoms with Gasteiger partial charge in [0.25, 0.3) is 0 Å². The van der Waals surface area contributed by atoms with Crippen LogP contribution in [-0.4, -0.2) is 48.3 Å². The molecule has 0 radical (unpaired) electrons. The van der Waals surface area contributed by atoms with Gasteiger partial charge in [-0.1, -0.05) is 43.3 Å². The van der Waals surface area contributed by atoms with Gasteiger partial charge in [-0.3, -0.25) is 14.5 Å². The zero-order chi connectivity index (χ0) is 22.7. The third-order valence-corrected chi connectivity index (χ3v) is 5.94. The largest absolute Gasteiger partial charge is 0.465 e. The highest BCUT2D eigenvalue weighted by atomic mass is 16.5. The summed E-state index contributed by atoms with van der Waals surface area (Å²) in [5, 5.41) is 0. The smallest absolute Gasteiger partial charge is 0.321 e. The van der Waals surface area contributed by atoms with Crippen LogP contribution in [0, 0.1) is 5.92 Å². The molecule has 7 nitrogen and oxygen atoms in total. The third kappa shape index (κ3) is 3.88. The Labute approximate surface area is 187 Å². The Hall–Kier alpha value is -3.19. The molecule has 7 heteroatoms. The van der Waals surface area contributed by atoms with Crippen LogP contribution >= 0.6 is 0 Å². The fraction of sp³-hybridized carbons (Fsp3) is 0.400. The van der Waals surface area contributed by atoms with Gasteiger partial charge in [0.05, 0.1) is 23.7 Å². The van der Waals surface area contributed by atoms with Crippen LogP contribution in [0.25, 0.3) is 11.0 Å². The van der Waals surface area contributed by atoms with Gasteiger partial charge in [0.1, 0.15) is 0 Å². The molecule has 3 aromatic rings. The second-order valence-electron chi connectivity index (χ2n) is 7.88. The standard InChI is InChI=1S/C25H29N3O4/c1-4-17-11-13-18(14-12-17)22-21(24(30)32-5-2)23(29)27(15-8-16-31-3)25-26-19-9-6-7-10-20(19)28(22)25/h6-7,9-14,21-22H,4-5,8,15-16H2,1-3H3. The van der Waals surface area contributed by atoms with E-state index in [2.05, 4.69) is 6.92 Å². The Bertz CT molecular complexity index is 1110. The van der Waals surface area contributed by atoms with E-state index in [-0.39, 0.29) is 12.5 Å². The maximum absolute atomic E-state index is 13.7. The molecular weight excluding hydrogens is 406 g/mol. The normalized spacial score (nSPS) is 18.1. The molecule has 0 saturated heterocycles.